The standard InChI is InChI=1S/C19H30O4/c1-2-3-8-16(20)13-11-15-12-14-18(21)17(15)9-6-4-5-7-10-19(22)23/h11,13,15-18,20-21H,2-3,5,7-10,12,14H2,1H3,(H,22,23). The molecule has 3 N–H and O–H groups in total. The van der Waals surface area contributed by atoms with Gasteiger partial charge in [0.05, 0.1) is 12.2 Å². The van der Waals surface area contributed by atoms with Crippen LogP contribution >= 0.6 is 0 Å². The maximum absolute atomic E-state index is 10.4. The third-order valence-electron chi connectivity index (χ3n) is 4.43. The predicted molar refractivity (Wildman–Crippen MR) is 90.8 cm³/mol. The van der Waals surface area contributed by atoms with Gasteiger partial charge >= 0.3 is 5.97 Å². The van der Waals surface area contributed by atoms with E-state index >= 15 is 0 Å². The molecule has 0 aromatic heterocycles. The summed E-state index contributed by atoms with van der Waals surface area (Å²) in [6, 6.07) is 0. The number of carboxylic acids is 1. The molecule has 0 amide bonds. The van der Waals surface area contributed by atoms with Gasteiger partial charge in [-0.05, 0) is 31.6 Å². The fraction of sp³-hybridized carbons (Fsp3) is 0.737. The molecule has 4 atom stereocenters. The van der Waals surface area contributed by atoms with Crippen LogP contribution in [0.2, 0.25) is 0 Å². The molecule has 4 heteroatoms. The SMILES string of the molecule is CCCCC(O)C=CC1CCC(O)C1CC#CCCCC(=O)O. The largest absolute Gasteiger partial charge is 0.481 e. The van der Waals surface area contributed by atoms with Crippen LogP contribution < -0.4 is 0 Å². The van der Waals surface area contributed by atoms with E-state index in [1.54, 1.807) is 0 Å². The number of allylic oxidation sites excluding steroid dienone is 1. The summed E-state index contributed by atoms with van der Waals surface area (Å²) in [5.74, 6) is 5.70. The van der Waals surface area contributed by atoms with Crippen molar-refractivity contribution >= 4 is 5.97 Å². The summed E-state index contributed by atoms with van der Waals surface area (Å²) in [6.45, 7) is 2.11. The molecule has 4 nitrogen and oxygen atoms in total. The van der Waals surface area contributed by atoms with Crippen molar-refractivity contribution in [1.29, 1.82) is 0 Å². The van der Waals surface area contributed by atoms with Crippen LogP contribution in [-0.4, -0.2) is 33.5 Å². The molecule has 1 fully saturated rings. The van der Waals surface area contributed by atoms with Crippen LogP contribution in [0.5, 0.6) is 0 Å². The van der Waals surface area contributed by atoms with Crippen LogP contribution in [0.15, 0.2) is 12.2 Å². The molecule has 0 saturated heterocycles. The highest BCUT2D eigenvalue weighted by Crippen LogP contribution is 2.35. The molecule has 23 heavy (non-hydrogen) atoms. The maximum atomic E-state index is 10.4. The summed E-state index contributed by atoms with van der Waals surface area (Å²) in [6.07, 6.45) is 9.74. The lowest BCUT2D eigenvalue weighted by Gasteiger charge is -2.17. The maximum Gasteiger partial charge on any atom is 0.303 e. The fourth-order valence-corrected chi connectivity index (χ4v) is 2.99. The van der Waals surface area contributed by atoms with Crippen molar-refractivity contribution in [2.45, 2.75) is 76.9 Å². The Morgan fingerprint density at radius 2 is 2.09 bits per heavy atom. The quantitative estimate of drug-likeness (QED) is 0.346. The highest BCUT2D eigenvalue weighted by atomic mass is 16.4. The van der Waals surface area contributed by atoms with Gasteiger partial charge in [0.1, 0.15) is 0 Å². The van der Waals surface area contributed by atoms with Crippen LogP contribution in [0, 0.1) is 23.7 Å². The number of rotatable bonds is 9. The lowest BCUT2D eigenvalue weighted by atomic mass is 9.91. The Hall–Kier alpha value is -1.31. The monoisotopic (exact) mass is 322 g/mol. The lowest BCUT2D eigenvalue weighted by molar-refractivity contribution is -0.137. The summed E-state index contributed by atoms with van der Waals surface area (Å²) in [5, 5.41) is 28.5. The van der Waals surface area contributed by atoms with Crippen molar-refractivity contribution in [2.24, 2.45) is 11.8 Å². The first-order valence-corrected chi connectivity index (χ1v) is 8.76. The minimum absolute atomic E-state index is 0.122. The number of unbranched alkanes of at least 4 members (excludes halogenated alkanes) is 2. The number of aliphatic hydroxyl groups is 2. The number of aliphatic hydroxyl groups excluding tert-OH is 2. The van der Waals surface area contributed by atoms with Crippen LogP contribution in [0.25, 0.3) is 0 Å². The van der Waals surface area contributed by atoms with Crippen LogP contribution in [0.3, 0.4) is 0 Å². The fourth-order valence-electron chi connectivity index (χ4n) is 2.99. The highest BCUT2D eigenvalue weighted by Gasteiger charge is 2.32. The number of aliphatic carboxylic acids is 1. The van der Waals surface area contributed by atoms with Gasteiger partial charge in [-0.1, -0.05) is 31.9 Å². The topological polar surface area (TPSA) is 77.8 Å². The Morgan fingerprint density at radius 1 is 1.30 bits per heavy atom. The molecule has 0 aromatic rings. The Balaban J connectivity index is 2.40. The minimum atomic E-state index is -0.787. The van der Waals surface area contributed by atoms with Gasteiger partial charge in [-0.2, -0.15) is 0 Å². The van der Waals surface area contributed by atoms with Crippen molar-refractivity contribution in [3.8, 4) is 11.8 Å². The molecule has 0 heterocycles. The average molecular weight is 322 g/mol. The summed E-state index contributed by atoms with van der Waals surface area (Å²) in [5.41, 5.74) is 0. The smallest absolute Gasteiger partial charge is 0.303 e. The molecular formula is C19H30O4. The first-order chi connectivity index (χ1) is 11.0. The van der Waals surface area contributed by atoms with E-state index < -0.39 is 12.1 Å². The van der Waals surface area contributed by atoms with E-state index in [2.05, 4.69) is 18.8 Å². The van der Waals surface area contributed by atoms with Crippen molar-refractivity contribution in [2.75, 3.05) is 0 Å². The Bertz CT molecular complexity index is 432. The molecule has 0 spiro atoms. The molecule has 130 valence electrons. The third-order valence-corrected chi connectivity index (χ3v) is 4.43. The van der Waals surface area contributed by atoms with Crippen molar-refractivity contribution in [3.63, 3.8) is 0 Å². The molecular weight excluding hydrogens is 292 g/mol. The normalized spacial score (nSPS) is 25.3. The summed E-state index contributed by atoms with van der Waals surface area (Å²) < 4.78 is 0. The van der Waals surface area contributed by atoms with Crippen LogP contribution in [0.1, 0.15) is 64.7 Å². The van der Waals surface area contributed by atoms with E-state index in [1.807, 2.05) is 12.2 Å². The zero-order valence-corrected chi connectivity index (χ0v) is 14.1. The zero-order valence-electron chi connectivity index (χ0n) is 14.1. The van der Waals surface area contributed by atoms with Gasteiger partial charge < -0.3 is 15.3 Å². The van der Waals surface area contributed by atoms with Gasteiger partial charge in [0.25, 0.3) is 0 Å². The van der Waals surface area contributed by atoms with E-state index in [0.29, 0.717) is 19.3 Å². The summed E-state index contributed by atoms with van der Waals surface area (Å²) in [4.78, 5) is 10.4. The third kappa shape index (κ3) is 8.20. The van der Waals surface area contributed by atoms with E-state index in [0.717, 1.165) is 32.1 Å². The second kappa shape index (κ2) is 11.3. The Kier molecular flexibility index (Phi) is 9.66. The van der Waals surface area contributed by atoms with Gasteiger partial charge in [0.2, 0.25) is 0 Å². The Morgan fingerprint density at radius 3 is 2.78 bits per heavy atom. The van der Waals surface area contributed by atoms with Crippen LogP contribution in [-0.2, 0) is 4.79 Å². The Labute approximate surface area is 139 Å². The van der Waals surface area contributed by atoms with Crippen molar-refractivity contribution < 1.29 is 20.1 Å². The second-order valence-corrected chi connectivity index (χ2v) is 6.37. The van der Waals surface area contributed by atoms with Crippen LogP contribution in [0.4, 0.5) is 0 Å². The first-order valence-electron chi connectivity index (χ1n) is 8.76. The average Bonchev–Trinajstić information content (AvgIpc) is 2.86. The van der Waals surface area contributed by atoms with Gasteiger partial charge in [-0.3, -0.25) is 4.79 Å². The molecule has 0 bridgehead atoms. The second-order valence-electron chi connectivity index (χ2n) is 6.37. The number of carbonyl (C=O) groups is 1. The van der Waals surface area contributed by atoms with Crippen molar-refractivity contribution in [3.05, 3.63) is 12.2 Å². The van der Waals surface area contributed by atoms with E-state index in [9.17, 15) is 15.0 Å². The van der Waals surface area contributed by atoms with Crippen molar-refractivity contribution in [1.82, 2.24) is 0 Å². The highest BCUT2D eigenvalue weighted by molar-refractivity contribution is 5.66. The molecule has 1 aliphatic rings. The van der Waals surface area contributed by atoms with Gasteiger partial charge in [0.15, 0.2) is 0 Å². The first kappa shape index (κ1) is 19.7. The lowest BCUT2D eigenvalue weighted by Crippen LogP contribution is -2.17. The molecule has 0 aliphatic heterocycles. The molecule has 0 radical (unpaired) electrons. The minimum Gasteiger partial charge on any atom is -0.481 e. The molecule has 1 saturated carbocycles. The number of hydrogen-bond donors (Lipinski definition) is 3. The van der Waals surface area contributed by atoms with E-state index in [1.165, 1.54) is 0 Å². The summed E-state index contributed by atoms with van der Waals surface area (Å²) in [7, 11) is 0. The molecule has 1 rings (SSSR count). The van der Waals surface area contributed by atoms with E-state index in [-0.39, 0.29) is 24.4 Å². The zero-order chi connectivity index (χ0) is 17.1. The van der Waals surface area contributed by atoms with Gasteiger partial charge in [0, 0.05) is 25.2 Å². The van der Waals surface area contributed by atoms with E-state index in [4.69, 9.17) is 5.11 Å². The summed E-state index contributed by atoms with van der Waals surface area (Å²) >= 11 is 0. The molecule has 4 unspecified atom stereocenters. The molecule has 1 aliphatic carbocycles. The number of carboxylic acid groups (broad SMARTS) is 1. The van der Waals surface area contributed by atoms with Gasteiger partial charge in [-0.25, -0.2) is 0 Å². The molecule has 0 aromatic carbocycles. The van der Waals surface area contributed by atoms with Gasteiger partial charge in [-0.15, -0.1) is 11.8 Å². The predicted octanol–water partition coefficient (Wildman–Crippen LogP) is 3.13. The number of hydrogen-bond acceptors (Lipinski definition) is 3.